The summed E-state index contributed by atoms with van der Waals surface area (Å²) in [5, 5.41) is 2.15. The molecule has 0 radical (unpaired) electrons. The highest BCUT2D eigenvalue weighted by atomic mass is 127. The Balaban J connectivity index is 1.69. The molecular weight excluding hydrogens is 587 g/mol. The molecule has 1 aliphatic heterocycles. The van der Waals surface area contributed by atoms with E-state index in [1.165, 1.54) is 0 Å². The van der Waals surface area contributed by atoms with Gasteiger partial charge in [-0.2, -0.15) is 0 Å². The molecule has 1 fully saturated rings. The number of ether oxygens (including phenoxy) is 3. The molecule has 0 spiro atoms. The van der Waals surface area contributed by atoms with Crippen LogP contribution in [0.25, 0.3) is 6.08 Å². The Morgan fingerprint density at radius 2 is 1.77 bits per heavy atom. The largest absolute Gasteiger partial charge is 0.490 e. The van der Waals surface area contributed by atoms with E-state index in [2.05, 4.69) is 27.9 Å². The van der Waals surface area contributed by atoms with Crippen LogP contribution in [-0.4, -0.2) is 54.3 Å². The van der Waals surface area contributed by atoms with Gasteiger partial charge in [-0.1, -0.05) is 6.07 Å². The fourth-order valence-electron chi connectivity index (χ4n) is 3.01. The van der Waals surface area contributed by atoms with Crippen molar-refractivity contribution in [1.29, 1.82) is 0 Å². The number of rotatable bonds is 10. The van der Waals surface area contributed by atoms with Crippen molar-refractivity contribution in [2.75, 3.05) is 31.7 Å². The fourth-order valence-corrected chi connectivity index (χ4v) is 4.20. The molecule has 0 atom stereocenters. The number of anilines is 1. The van der Waals surface area contributed by atoms with E-state index in [9.17, 15) is 19.2 Å². The molecule has 1 heterocycles. The second kappa shape index (κ2) is 12.6. The van der Waals surface area contributed by atoms with Crippen LogP contribution < -0.4 is 14.8 Å². The van der Waals surface area contributed by atoms with Gasteiger partial charge >= 0.3 is 5.97 Å². The van der Waals surface area contributed by atoms with Gasteiger partial charge in [0.05, 0.1) is 18.1 Å². The molecular formula is C24H23IN2O7S. The Morgan fingerprint density at radius 1 is 1.03 bits per heavy atom. The lowest BCUT2D eigenvalue weighted by Crippen LogP contribution is -2.36. The second-order valence-corrected chi connectivity index (χ2v) is 9.29. The van der Waals surface area contributed by atoms with E-state index in [1.807, 2.05) is 12.1 Å². The average molecular weight is 610 g/mol. The molecule has 1 saturated heterocycles. The van der Waals surface area contributed by atoms with Crippen LogP contribution in [0.15, 0.2) is 47.4 Å². The maximum atomic E-state index is 12.8. The third kappa shape index (κ3) is 7.46. The zero-order valence-corrected chi connectivity index (χ0v) is 22.0. The molecule has 0 unspecified atom stereocenters. The van der Waals surface area contributed by atoms with Gasteiger partial charge in [0.25, 0.3) is 11.1 Å². The van der Waals surface area contributed by atoms with Gasteiger partial charge in [-0.3, -0.25) is 19.3 Å². The number of carbonyl (C=O) groups is 4. The van der Waals surface area contributed by atoms with E-state index in [-0.39, 0.29) is 18.1 Å². The summed E-state index contributed by atoms with van der Waals surface area (Å²) in [4.78, 5) is 50.2. The van der Waals surface area contributed by atoms with Crippen molar-refractivity contribution in [3.05, 3.63) is 56.5 Å². The molecule has 1 aliphatic rings. The number of amides is 3. The van der Waals surface area contributed by atoms with E-state index in [0.717, 1.165) is 20.2 Å². The lowest BCUT2D eigenvalue weighted by atomic mass is 10.2. The quantitative estimate of drug-likeness (QED) is 0.241. The first-order chi connectivity index (χ1) is 16.8. The van der Waals surface area contributed by atoms with E-state index >= 15 is 0 Å². The molecule has 3 rings (SSSR count). The number of halogens is 1. The van der Waals surface area contributed by atoms with Crippen LogP contribution in [0.2, 0.25) is 0 Å². The van der Waals surface area contributed by atoms with E-state index < -0.39 is 29.6 Å². The number of benzene rings is 2. The molecule has 2 aromatic carbocycles. The highest BCUT2D eigenvalue weighted by Gasteiger charge is 2.36. The minimum Gasteiger partial charge on any atom is -0.490 e. The third-order valence-corrected chi connectivity index (χ3v) is 6.15. The Hall–Kier alpha value is -3.06. The first-order valence-electron chi connectivity index (χ1n) is 10.7. The van der Waals surface area contributed by atoms with Crippen molar-refractivity contribution in [3.63, 3.8) is 0 Å². The Morgan fingerprint density at radius 3 is 2.46 bits per heavy atom. The predicted molar refractivity (Wildman–Crippen MR) is 140 cm³/mol. The molecule has 0 saturated carbocycles. The Kier molecular flexibility index (Phi) is 9.55. The number of imide groups is 1. The maximum Gasteiger partial charge on any atom is 0.344 e. The number of nitrogens with zero attached hydrogens (tertiary/aromatic N) is 1. The minimum absolute atomic E-state index is 0.180. The molecule has 35 heavy (non-hydrogen) atoms. The molecule has 0 bridgehead atoms. The third-order valence-electron chi connectivity index (χ3n) is 4.52. The van der Waals surface area contributed by atoms with Crippen molar-refractivity contribution in [2.24, 2.45) is 0 Å². The van der Waals surface area contributed by atoms with Crippen LogP contribution in [0.4, 0.5) is 10.5 Å². The number of esters is 1. The summed E-state index contributed by atoms with van der Waals surface area (Å²) in [5.74, 6) is -0.812. The van der Waals surface area contributed by atoms with Gasteiger partial charge in [0.2, 0.25) is 5.91 Å². The number of thioether (sulfide) groups is 1. The van der Waals surface area contributed by atoms with Crippen LogP contribution in [0.5, 0.6) is 11.5 Å². The van der Waals surface area contributed by atoms with Crippen molar-refractivity contribution in [1.82, 2.24) is 4.90 Å². The first kappa shape index (κ1) is 26.5. The van der Waals surface area contributed by atoms with Gasteiger partial charge in [0.15, 0.2) is 18.1 Å². The van der Waals surface area contributed by atoms with Gasteiger partial charge in [0.1, 0.15) is 6.54 Å². The minimum atomic E-state index is -0.557. The summed E-state index contributed by atoms with van der Waals surface area (Å²) in [6, 6.07) is 12.1. The monoisotopic (exact) mass is 610 g/mol. The summed E-state index contributed by atoms with van der Waals surface area (Å²) in [6.45, 7) is 3.45. The highest BCUT2D eigenvalue weighted by molar-refractivity contribution is 14.1. The maximum absolute atomic E-state index is 12.8. The fraction of sp³-hybridized carbons (Fsp3) is 0.250. The zero-order chi connectivity index (χ0) is 25.4. The summed E-state index contributed by atoms with van der Waals surface area (Å²) >= 11 is 2.91. The summed E-state index contributed by atoms with van der Waals surface area (Å²) in [5.41, 5.74) is 1.16. The molecule has 3 amide bonds. The van der Waals surface area contributed by atoms with Crippen molar-refractivity contribution in [3.8, 4) is 11.5 Å². The number of nitrogens with one attached hydrogen (secondary N) is 1. The van der Waals surface area contributed by atoms with Crippen LogP contribution in [0.1, 0.15) is 19.4 Å². The zero-order valence-electron chi connectivity index (χ0n) is 19.0. The number of hydrogen-bond donors (Lipinski definition) is 1. The van der Waals surface area contributed by atoms with Crippen LogP contribution in [-0.2, 0) is 19.1 Å². The van der Waals surface area contributed by atoms with Crippen molar-refractivity contribution >= 4 is 69.1 Å². The molecule has 9 nitrogen and oxygen atoms in total. The number of hydrogen-bond acceptors (Lipinski definition) is 8. The summed E-state index contributed by atoms with van der Waals surface area (Å²) in [6.07, 6.45) is 1.54. The first-order valence-corrected chi connectivity index (χ1v) is 12.6. The van der Waals surface area contributed by atoms with Crippen molar-refractivity contribution < 1.29 is 33.4 Å². The topological polar surface area (TPSA) is 111 Å². The van der Waals surface area contributed by atoms with Crippen LogP contribution in [0.3, 0.4) is 0 Å². The highest BCUT2D eigenvalue weighted by Crippen LogP contribution is 2.34. The van der Waals surface area contributed by atoms with Gasteiger partial charge in [0, 0.05) is 9.26 Å². The average Bonchev–Trinajstić information content (AvgIpc) is 3.07. The van der Waals surface area contributed by atoms with Gasteiger partial charge in [-0.05, 0) is 96.2 Å². The van der Waals surface area contributed by atoms with Crippen LogP contribution >= 0.6 is 34.4 Å². The lowest BCUT2D eigenvalue weighted by Gasteiger charge is -2.13. The van der Waals surface area contributed by atoms with Gasteiger partial charge in [-0.25, -0.2) is 4.79 Å². The Bertz CT molecular complexity index is 1150. The van der Waals surface area contributed by atoms with Crippen LogP contribution in [0, 0.1) is 3.57 Å². The van der Waals surface area contributed by atoms with Gasteiger partial charge in [-0.15, -0.1) is 0 Å². The summed E-state index contributed by atoms with van der Waals surface area (Å²) in [7, 11) is 0. The predicted octanol–water partition coefficient (Wildman–Crippen LogP) is 4.31. The molecule has 184 valence electrons. The second-order valence-electron chi connectivity index (χ2n) is 7.06. The molecule has 0 aromatic heterocycles. The standard InChI is InChI=1S/C24H23IN2O7S/c1-3-32-19-11-15(5-10-18(19)34-14-22(29)33-4-2)12-20-23(30)27(24(31)35-20)13-21(28)26-17-8-6-16(25)7-9-17/h5-12H,3-4,13-14H2,1-2H3,(H,26,28)/b20-12-. The number of carbonyl (C=O) groups excluding carboxylic acids is 4. The lowest BCUT2D eigenvalue weighted by molar-refractivity contribution is -0.145. The van der Waals surface area contributed by atoms with E-state index in [4.69, 9.17) is 14.2 Å². The smallest absolute Gasteiger partial charge is 0.344 e. The summed E-state index contributed by atoms with van der Waals surface area (Å²) < 4.78 is 16.9. The Labute approximate surface area is 220 Å². The SMILES string of the molecule is CCOC(=O)COc1ccc(/C=C2\SC(=O)N(CC(=O)Nc3ccc(I)cc3)C2=O)cc1OCC. The molecule has 0 aliphatic carbocycles. The normalized spacial score (nSPS) is 14.3. The molecule has 1 N–H and O–H groups in total. The van der Waals surface area contributed by atoms with E-state index in [1.54, 1.807) is 50.3 Å². The van der Waals surface area contributed by atoms with Crippen molar-refractivity contribution in [2.45, 2.75) is 13.8 Å². The molecule has 11 heteroatoms. The molecule has 2 aromatic rings. The van der Waals surface area contributed by atoms with E-state index in [0.29, 0.717) is 29.4 Å². The van der Waals surface area contributed by atoms with Gasteiger partial charge < -0.3 is 19.5 Å².